The number of piperidine rings is 1. The number of hydrogen-bond acceptors (Lipinski definition) is 7. The van der Waals surface area contributed by atoms with E-state index in [-0.39, 0.29) is 29.4 Å². The second kappa shape index (κ2) is 12.5. The number of pyridine rings is 3. The van der Waals surface area contributed by atoms with Crippen LogP contribution >= 0.6 is 0 Å². The van der Waals surface area contributed by atoms with E-state index in [1.54, 1.807) is 0 Å². The van der Waals surface area contributed by atoms with E-state index in [4.69, 9.17) is 0 Å². The third-order valence-electron chi connectivity index (χ3n) is 9.73. The fraction of sp³-hybridized carbons (Fsp3) is 0.472. The molecule has 236 valence electrons. The molecular formula is C36H44FN7O. The van der Waals surface area contributed by atoms with E-state index in [0.717, 1.165) is 81.0 Å². The molecule has 1 N–H and O–H groups in total. The van der Waals surface area contributed by atoms with Crippen LogP contribution in [0.3, 0.4) is 0 Å². The first-order valence-corrected chi connectivity index (χ1v) is 16.5. The van der Waals surface area contributed by atoms with Gasteiger partial charge in [0.2, 0.25) is 0 Å². The zero-order valence-electron chi connectivity index (χ0n) is 26.7. The van der Waals surface area contributed by atoms with Gasteiger partial charge in [0.05, 0.1) is 23.1 Å². The lowest BCUT2D eigenvalue weighted by Crippen LogP contribution is -2.49. The van der Waals surface area contributed by atoms with Gasteiger partial charge in [-0.1, -0.05) is 0 Å². The molecule has 1 aliphatic carbocycles. The molecule has 1 aromatic carbocycles. The molecule has 1 saturated carbocycles. The summed E-state index contributed by atoms with van der Waals surface area (Å²) < 4.78 is 18.5. The van der Waals surface area contributed by atoms with Crippen LogP contribution in [-0.2, 0) is 13.1 Å². The van der Waals surface area contributed by atoms with Crippen LogP contribution in [0.15, 0.2) is 59.8 Å². The number of benzene rings is 1. The zero-order valence-corrected chi connectivity index (χ0v) is 26.7. The topological polar surface area (TPSA) is 69.5 Å². The maximum absolute atomic E-state index is 16.4. The van der Waals surface area contributed by atoms with Crippen LogP contribution in [0.1, 0.15) is 61.2 Å². The van der Waals surface area contributed by atoms with Crippen molar-refractivity contribution in [3.05, 3.63) is 93.5 Å². The Bertz CT molecular complexity index is 1730. The van der Waals surface area contributed by atoms with Gasteiger partial charge in [-0.3, -0.25) is 19.7 Å². The summed E-state index contributed by atoms with van der Waals surface area (Å²) in [4.78, 5) is 30.1. The highest BCUT2D eigenvalue weighted by Gasteiger charge is 2.31. The number of aryl methyl sites for hydroxylation is 2. The first-order chi connectivity index (χ1) is 21.8. The number of halogens is 1. The molecule has 9 heteroatoms. The lowest BCUT2D eigenvalue weighted by atomic mass is 10.0. The van der Waals surface area contributed by atoms with E-state index in [2.05, 4.69) is 65.7 Å². The molecule has 0 spiro atoms. The van der Waals surface area contributed by atoms with Crippen LogP contribution in [0.4, 0.5) is 15.8 Å². The Labute approximate surface area is 264 Å². The summed E-state index contributed by atoms with van der Waals surface area (Å²) in [7, 11) is 0. The highest BCUT2D eigenvalue weighted by atomic mass is 19.1. The molecule has 45 heavy (non-hydrogen) atoms. The van der Waals surface area contributed by atoms with Crippen molar-refractivity contribution in [2.45, 2.75) is 77.7 Å². The van der Waals surface area contributed by atoms with E-state index in [0.29, 0.717) is 29.7 Å². The molecule has 0 bridgehead atoms. The molecule has 8 nitrogen and oxygen atoms in total. The van der Waals surface area contributed by atoms with Crippen molar-refractivity contribution in [3.8, 4) is 0 Å². The number of rotatable bonds is 8. The molecule has 0 unspecified atom stereocenters. The number of nitrogens with one attached hydrogen (secondary N) is 1. The van der Waals surface area contributed by atoms with Crippen molar-refractivity contribution < 1.29 is 4.39 Å². The molecule has 3 aromatic heterocycles. The molecule has 4 aromatic rings. The van der Waals surface area contributed by atoms with Gasteiger partial charge < -0.3 is 19.7 Å². The lowest BCUT2D eigenvalue weighted by molar-refractivity contribution is 0.158. The monoisotopic (exact) mass is 609 g/mol. The highest BCUT2D eigenvalue weighted by molar-refractivity contribution is 5.84. The van der Waals surface area contributed by atoms with Crippen molar-refractivity contribution in [1.82, 2.24) is 24.8 Å². The SMILES string of the molecule is Cc1ccc(N2CCC[C@H](N(Cc3ccnc(C)c3)Cc3cn(C4CC4)c4c(F)c(N5CCN[C@H](C)C5)ccc4c3=O)C2)cn1. The molecule has 2 aliphatic heterocycles. The third-order valence-corrected chi connectivity index (χ3v) is 9.73. The minimum Gasteiger partial charge on any atom is -0.369 e. The molecular weight excluding hydrogens is 565 g/mol. The van der Waals surface area contributed by atoms with Gasteiger partial charge in [0.25, 0.3) is 0 Å². The molecule has 7 rings (SSSR count). The van der Waals surface area contributed by atoms with E-state index in [1.807, 2.05) is 44.6 Å². The second-order valence-corrected chi connectivity index (χ2v) is 13.3. The summed E-state index contributed by atoms with van der Waals surface area (Å²) in [6.07, 6.45) is 9.94. The van der Waals surface area contributed by atoms with Gasteiger partial charge in [0.1, 0.15) is 0 Å². The Morgan fingerprint density at radius 1 is 0.978 bits per heavy atom. The van der Waals surface area contributed by atoms with Gasteiger partial charge in [0, 0.05) is 98.7 Å². The van der Waals surface area contributed by atoms with Crippen molar-refractivity contribution in [2.75, 3.05) is 42.5 Å². The average molecular weight is 610 g/mol. The molecule has 0 amide bonds. The van der Waals surface area contributed by atoms with Gasteiger partial charge in [-0.2, -0.15) is 0 Å². The molecule has 3 aliphatic rings. The average Bonchev–Trinajstić information content (AvgIpc) is 3.88. The Morgan fingerprint density at radius 3 is 2.60 bits per heavy atom. The first-order valence-electron chi connectivity index (χ1n) is 16.5. The number of piperazine rings is 1. The van der Waals surface area contributed by atoms with Crippen LogP contribution in [0.25, 0.3) is 10.9 Å². The molecule has 0 radical (unpaired) electrons. The second-order valence-electron chi connectivity index (χ2n) is 13.3. The fourth-order valence-corrected chi connectivity index (χ4v) is 7.21. The molecule has 2 saturated heterocycles. The minimum atomic E-state index is -0.268. The van der Waals surface area contributed by atoms with Crippen LogP contribution in [0.5, 0.6) is 0 Å². The highest BCUT2D eigenvalue weighted by Crippen LogP contribution is 2.39. The van der Waals surface area contributed by atoms with E-state index in [1.165, 1.54) is 5.56 Å². The normalized spacial score (nSPS) is 20.7. The molecule has 2 atom stereocenters. The maximum atomic E-state index is 16.4. The molecule has 5 heterocycles. The Morgan fingerprint density at radius 2 is 1.84 bits per heavy atom. The summed E-state index contributed by atoms with van der Waals surface area (Å²) >= 11 is 0. The van der Waals surface area contributed by atoms with Crippen LogP contribution in [-0.4, -0.2) is 64.2 Å². The summed E-state index contributed by atoms with van der Waals surface area (Å²) in [5, 5.41) is 3.93. The van der Waals surface area contributed by atoms with Crippen molar-refractivity contribution in [1.29, 1.82) is 0 Å². The van der Waals surface area contributed by atoms with Gasteiger partial charge >= 0.3 is 0 Å². The Balaban J connectivity index is 1.25. The van der Waals surface area contributed by atoms with Crippen LogP contribution in [0.2, 0.25) is 0 Å². The summed E-state index contributed by atoms with van der Waals surface area (Å²) in [5.74, 6) is -0.268. The maximum Gasteiger partial charge on any atom is 0.193 e. The summed E-state index contributed by atoms with van der Waals surface area (Å²) in [6.45, 7) is 11.5. The first kappa shape index (κ1) is 29.9. The van der Waals surface area contributed by atoms with Gasteiger partial charge in [-0.15, -0.1) is 0 Å². The van der Waals surface area contributed by atoms with Crippen LogP contribution in [0, 0.1) is 19.7 Å². The summed E-state index contributed by atoms with van der Waals surface area (Å²) in [5.41, 5.74) is 6.04. The van der Waals surface area contributed by atoms with Crippen molar-refractivity contribution >= 4 is 22.3 Å². The standard InChI is InChI=1S/C36H44FN7O/c1-24-6-7-30(18-40-24)41-15-4-5-31(23-41)43(20-27-12-13-38-25(2)17-27)21-28-22-44(29-8-9-29)35-32(36(28)45)10-11-33(34(35)37)42-16-14-39-26(3)19-42/h6-7,10-13,17-18,22,26,29,31,39H,4-5,8-9,14-16,19-21,23H2,1-3H3/t26-,31+/m1/s1. The van der Waals surface area contributed by atoms with E-state index in [9.17, 15) is 4.79 Å². The lowest BCUT2D eigenvalue weighted by Gasteiger charge is -2.40. The number of hydrogen-bond donors (Lipinski definition) is 1. The minimum absolute atomic E-state index is 0.0627. The summed E-state index contributed by atoms with van der Waals surface area (Å²) in [6, 6.07) is 12.9. The van der Waals surface area contributed by atoms with Gasteiger partial charge in [-0.25, -0.2) is 4.39 Å². The predicted molar refractivity (Wildman–Crippen MR) is 179 cm³/mol. The smallest absolute Gasteiger partial charge is 0.193 e. The quantitative estimate of drug-likeness (QED) is 0.289. The van der Waals surface area contributed by atoms with Crippen molar-refractivity contribution in [3.63, 3.8) is 0 Å². The van der Waals surface area contributed by atoms with E-state index < -0.39 is 0 Å². The van der Waals surface area contributed by atoms with Gasteiger partial charge in [-0.05, 0) is 88.4 Å². The fourth-order valence-electron chi connectivity index (χ4n) is 7.21. The number of anilines is 2. The predicted octanol–water partition coefficient (Wildman–Crippen LogP) is 5.35. The van der Waals surface area contributed by atoms with Gasteiger partial charge in [0.15, 0.2) is 11.2 Å². The van der Waals surface area contributed by atoms with E-state index >= 15 is 4.39 Å². The Kier molecular flexibility index (Phi) is 8.31. The third kappa shape index (κ3) is 6.33. The van der Waals surface area contributed by atoms with Crippen LogP contribution < -0.4 is 20.5 Å². The molecule has 3 fully saturated rings. The largest absolute Gasteiger partial charge is 0.369 e. The zero-order chi connectivity index (χ0) is 31.1. The number of fused-ring (bicyclic) bond motifs is 1. The number of nitrogens with zero attached hydrogens (tertiary/aromatic N) is 6. The Hall–Kier alpha value is -3.82. The number of aromatic nitrogens is 3. The van der Waals surface area contributed by atoms with Crippen molar-refractivity contribution in [2.24, 2.45) is 0 Å².